The number of hydrogen-bond donors (Lipinski definition) is 0. The summed E-state index contributed by atoms with van der Waals surface area (Å²) < 4.78 is 29.2. The van der Waals surface area contributed by atoms with E-state index in [1.165, 1.54) is 10.6 Å². The molecule has 5 heteroatoms. The molecule has 0 saturated carbocycles. The first-order chi connectivity index (χ1) is 5.45. The first-order valence-electron chi connectivity index (χ1n) is 4.07. The third-order valence-corrected chi connectivity index (χ3v) is 3.16. The van der Waals surface area contributed by atoms with Crippen LogP contribution >= 0.6 is 0 Å². The van der Waals surface area contributed by atoms with Crippen LogP contribution in [-0.4, -0.2) is 37.9 Å². The lowest BCUT2D eigenvalue weighted by molar-refractivity contribution is 0.0280. The summed E-state index contributed by atoms with van der Waals surface area (Å²) in [4.78, 5) is 0. The predicted octanol–water partition coefficient (Wildman–Crippen LogP) is 0.403. The molecule has 1 aliphatic heterocycles. The maximum atomic E-state index is 11.2. The molecular weight excluding hydrogens is 178 g/mol. The van der Waals surface area contributed by atoms with E-state index in [0.717, 1.165) is 0 Å². The molecule has 2 unspecified atom stereocenters. The van der Waals surface area contributed by atoms with Gasteiger partial charge in [0.25, 0.3) is 0 Å². The SMILES string of the molecule is CCC1OC(C)CN1S(C)(=O)=O. The normalized spacial score (nSPS) is 32.6. The van der Waals surface area contributed by atoms with Gasteiger partial charge < -0.3 is 4.74 Å². The summed E-state index contributed by atoms with van der Waals surface area (Å²) in [5.41, 5.74) is 0. The van der Waals surface area contributed by atoms with Crippen LogP contribution in [0.4, 0.5) is 0 Å². The van der Waals surface area contributed by atoms with E-state index in [2.05, 4.69) is 0 Å². The molecule has 0 aromatic carbocycles. The molecule has 0 spiro atoms. The quantitative estimate of drug-likeness (QED) is 0.638. The van der Waals surface area contributed by atoms with Gasteiger partial charge in [-0.2, -0.15) is 4.31 Å². The zero-order valence-corrected chi connectivity index (χ0v) is 8.47. The molecule has 0 radical (unpaired) electrons. The molecule has 0 aliphatic carbocycles. The average Bonchev–Trinajstić information content (AvgIpc) is 2.29. The van der Waals surface area contributed by atoms with Crippen LogP contribution in [0.3, 0.4) is 0 Å². The second-order valence-corrected chi connectivity index (χ2v) is 5.08. The minimum atomic E-state index is -3.09. The van der Waals surface area contributed by atoms with Gasteiger partial charge in [-0.25, -0.2) is 8.42 Å². The molecule has 1 aliphatic rings. The van der Waals surface area contributed by atoms with E-state index in [0.29, 0.717) is 13.0 Å². The number of nitrogens with zero attached hydrogens (tertiary/aromatic N) is 1. The van der Waals surface area contributed by atoms with Gasteiger partial charge in [0.15, 0.2) is 0 Å². The summed E-state index contributed by atoms with van der Waals surface area (Å²) in [6, 6.07) is 0. The fourth-order valence-corrected chi connectivity index (χ4v) is 2.51. The topological polar surface area (TPSA) is 46.6 Å². The number of sulfonamides is 1. The Morgan fingerprint density at radius 1 is 1.58 bits per heavy atom. The van der Waals surface area contributed by atoms with Crippen molar-refractivity contribution >= 4 is 10.0 Å². The minimum Gasteiger partial charge on any atom is -0.358 e. The van der Waals surface area contributed by atoms with Crippen LogP contribution in [-0.2, 0) is 14.8 Å². The van der Waals surface area contributed by atoms with Crippen molar-refractivity contribution in [2.24, 2.45) is 0 Å². The van der Waals surface area contributed by atoms with Gasteiger partial charge in [0.05, 0.1) is 12.4 Å². The fourth-order valence-electron chi connectivity index (χ4n) is 1.40. The number of rotatable bonds is 2. The van der Waals surface area contributed by atoms with Gasteiger partial charge in [0.2, 0.25) is 10.0 Å². The van der Waals surface area contributed by atoms with Crippen LogP contribution in [0.25, 0.3) is 0 Å². The van der Waals surface area contributed by atoms with E-state index >= 15 is 0 Å². The van der Waals surface area contributed by atoms with E-state index in [1.807, 2.05) is 13.8 Å². The van der Waals surface area contributed by atoms with E-state index in [1.54, 1.807) is 0 Å². The zero-order valence-electron chi connectivity index (χ0n) is 7.65. The Morgan fingerprint density at radius 3 is 2.50 bits per heavy atom. The van der Waals surface area contributed by atoms with Gasteiger partial charge in [-0.15, -0.1) is 0 Å². The zero-order chi connectivity index (χ0) is 9.35. The maximum absolute atomic E-state index is 11.2. The molecule has 12 heavy (non-hydrogen) atoms. The third-order valence-electron chi connectivity index (χ3n) is 1.92. The second kappa shape index (κ2) is 3.32. The van der Waals surface area contributed by atoms with Crippen LogP contribution < -0.4 is 0 Å². The molecule has 72 valence electrons. The summed E-state index contributed by atoms with van der Waals surface area (Å²) in [6.07, 6.45) is 1.69. The highest BCUT2D eigenvalue weighted by atomic mass is 32.2. The van der Waals surface area contributed by atoms with Gasteiger partial charge >= 0.3 is 0 Å². The third kappa shape index (κ3) is 1.97. The van der Waals surface area contributed by atoms with Gasteiger partial charge in [-0.3, -0.25) is 0 Å². The first-order valence-corrected chi connectivity index (χ1v) is 5.92. The van der Waals surface area contributed by atoms with Crippen molar-refractivity contribution in [3.05, 3.63) is 0 Å². The Kier molecular flexibility index (Phi) is 2.75. The van der Waals surface area contributed by atoms with Crippen LogP contribution in [0.5, 0.6) is 0 Å². The monoisotopic (exact) mass is 193 g/mol. The lowest BCUT2D eigenvalue weighted by atomic mass is 10.4. The van der Waals surface area contributed by atoms with Crippen LogP contribution in [0.2, 0.25) is 0 Å². The van der Waals surface area contributed by atoms with E-state index in [9.17, 15) is 8.42 Å². The van der Waals surface area contributed by atoms with Crippen molar-refractivity contribution in [2.75, 3.05) is 12.8 Å². The highest BCUT2D eigenvalue weighted by Gasteiger charge is 2.34. The van der Waals surface area contributed by atoms with E-state index in [4.69, 9.17) is 4.74 Å². The molecule has 1 rings (SSSR count). The largest absolute Gasteiger partial charge is 0.358 e. The van der Waals surface area contributed by atoms with Crippen LogP contribution in [0.15, 0.2) is 0 Å². The van der Waals surface area contributed by atoms with Crippen molar-refractivity contribution in [2.45, 2.75) is 32.6 Å². The Morgan fingerprint density at radius 2 is 2.17 bits per heavy atom. The molecule has 0 amide bonds. The smallest absolute Gasteiger partial charge is 0.213 e. The van der Waals surface area contributed by atoms with Crippen molar-refractivity contribution in [3.63, 3.8) is 0 Å². The summed E-state index contributed by atoms with van der Waals surface area (Å²) in [6.45, 7) is 4.28. The molecule has 0 aromatic heterocycles. The van der Waals surface area contributed by atoms with Gasteiger partial charge in [-0.05, 0) is 13.3 Å². The van der Waals surface area contributed by atoms with Gasteiger partial charge in [0.1, 0.15) is 6.23 Å². The Balaban J connectivity index is 2.78. The highest BCUT2D eigenvalue weighted by molar-refractivity contribution is 7.88. The highest BCUT2D eigenvalue weighted by Crippen LogP contribution is 2.20. The van der Waals surface area contributed by atoms with Crippen molar-refractivity contribution in [1.29, 1.82) is 0 Å². The van der Waals surface area contributed by atoms with Crippen LogP contribution in [0.1, 0.15) is 20.3 Å². The predicted molar refractivity (Wildman–Crippen MR) is 46.2 cm³/mol. The van der Waals surface area contributed by atoms with Gasteiger partial charge in [-0.1, -0.05) is 6.92 Å². The molecule has 0 N–H and O–H groups in total. The molecule has 1 heterocycles. The minimum absolute atomic E-state index is 0.0182. The lowest BCUT2D eigenvalue weighted by Gasteiger charge is -2.18. The summed E-state index contributed by atoms with van der Waals surface area (Å²) in [7, 11) is -3.09. The Hall–Kier alpha value is -0.130. The average molecular weight is 193 g/mol. The summed E-state index contributed by atoms with van der Waals surface area (Å²) >= 11 is 0. The molecule has 4 nitrogen and oxygen atoms in total. The number of hydrogen-bond acceptors (Lipinski definition) is 3. The molecule has 2 atom stereocenters. The summed E-state index contributed by atoms with van der Waals surface area (Å²) in [5, 5.41) is 0. The molecule has 1 fully saturated rings. The lowest BCUT2D eigenvalue weighted by Crippen LogP contribution is -2.34. The standard InChI is InChI=1S/C7H15NO3S/c1-4-7-8(12(3,9)10)5-6(2)11-7/h6-7H,4-5H2,1-3H3. The number of ether oxygens (including phenoxy) is 1. The van der Waals surface area contributed by atoms with E-state index in [-0.39, 0.29) is 12.3 Å². The first kappa shape index (κ1) is 9.95. The summed E-state index contributed by atoms with van der Waals surface area (Å²) in [5.74, 6) is 0. The maximum Gasteiger partial charge on any atom is 0.213 e. The molecule has 0 bridgehead atoms. The molecular formula is C7H15NO3S. The van der Waals surface area contributed by atoms with Crippen LogP contribution in [0, 0.1) is 0 Å². The second-order valence-electron chi connectivity index (χ2n) is 3.14. The Bertz CT molecular complexity index is 249. The van der Waals surface area contributed by atoms with Crippen molar-refractivity contribution < 1.29 is 13.2 Å². The molecule has 0 aromatic rings. The molecule has 1 saturated heterocycles. The van der Waals surface area contributed by atoms with E-state index < -0.39 is 10.0 Å². The van der Waals surface area contributed by atoms with Gasteiger partial charge in [0, 0.05) is 6.54 Å². The fraction of sp³-hybridized carbons (Fsp3) is 1.00. The van der Waals surface area contributed by atoms with Crippen molar-refractivity contribution in [1.82, 2.24) is 4.31 Å². The van der Waals surface area contributed by atoms with Crippen molar-refractivity contribution in [3.8, 4) is 0 Å². The Labute approximate surface area is 73.6 Å².